The Morgan fingerprint density at radius 3 is 2.70 bits per heavy atom. The quantitative estimate of drug-likeness (QED) is 0.608. The lowest BCUT2D eigenvalue weighted by Gasteiger charge is -2.59. The molecule has 0 aliphatic heterocycles. The van der Waals surface area contributed by atoms with Crippen LogP contribution in [0.25, 0.3) is 0 Å². The highest BCUT2D eigenvalue weighted by Crippen LogP contribution is 2.74. The van der Waals surface area contributed by atoms with E-state index in [0.717, 1.165) is 43.4 Å². The number of fused-ring (bicyclic) bond motifs is 7. The lowest BCUT2D eigenvalue weighted by atomic mass is 9.45. The van der Waals surface area contributed by atoms with Crippen molar-refractivity contribution >= 4 is 11.6 Å². The van der Waals surface area contributed by atoms with Gasteiger partial charge in [0.25, 0.3) is 0 Å². The van der Waals surface area contributed by atoms with Gasteiger partial charge in [-0.25, -0.2) is 0 Å². The Kier molecular flexibility index (Phi) is 4.22. The van der Waals surface area contributed by atoms with Gasteiger partial charge in [0.15, 0.2) is 5.78 Å². The second kappa shape index (κ2) is 6.29. The van der Waals surface area contributed by atoms with Crippen molar-refractivity contribution in [3.8, 4) is 0 Å². The third-order valence-electron chi connectivity index (χ3n) is 10.3. The molecule has 0 radical (unpaired) electrons. The van der Waals surface area contributed by atoms with Gasteiger partial charge in [0.2, 0.25) is 0 Å². The van der Waals surface area contributed by atoms with Gasteiger partial charge in [-0.3, -0.25) is 9.59 Å². The molecule has 0 unspecified atom stereocenters. The lowest BCUT2D eigenvalue weighted by Crippen LogP contribution is -2.54. The predicted molar refractivity (Wildman–Crippen MR) is 107 cm³/mol. The summed E-state index contributed by atoms with van der Waals surface area (Å²) in [5.41, 5.74) is 1.75. The molecule has 4 fully saturated rings. The minimum atomic E-state index is -0.00567. The first-order valence-corrected chi connectivity index (χ1v) is 11.8. The molecule has 0 bridgehead atoms. The van der Waals surface area contributed by atoms with Crippen LogP contribution in [0.4, 0.5) is 0 Å². The van der Waals surface area contributed by atoms with E-state index in [1.807, 2.05) is 13.0 Å². The molecular weight excluding hydrogens is 332 g/mol. The zero-order valence-corrected chi connectivity index (χ0v) is 17.3. The fourth-order valence-corrected chi connectivity index (χ4v) is 9.44. The standard InChI is InChI=1S/C25H36O2/c1-3-24-13-11-21-20-10-8-19(27)14-17(20)7-9-22(21)23(24)15-18-6-4-5-12-25(18,24)16(2)26/h14,18,20-23H,3-13,15H2,1-2H3/t18-,20+,21-,22-,23+,24+,25+/m1/s1. The van der Waals surface area contributed by atoms with E-state index in [1.165, 1.54) is 56.9 Å². The summed E-state index contributed by atoms with van der Waals surface area (Å²) in [6.07, 6.45) is 16.4. The summed E-state index contributed by atoms with van der Waals surface area (Å²) in [6, 6.07) is 0. The minimum Gasteiger partial charge on any atom is -0.299 e. The molecule has 5 rings (SSSR count). The van der Waals surface area contributed by atoms with Crippen LogP contribution in [0.15, 0.2) is 11.6 Å². The number of carbonyl (C=O) groups is 2. The van der Waals surface area contributed by atoms with E-state index < -0.39 is 0 Å². The van der Waals surface area contributed by atoms with Crippen LogP contribution in [-0.4, -0.2) is 11.6 Å². The fourth-order valence-electron chi connectivity index (χ4n) is 9.44. The van der Waals surface area contributed by atoms with E-state index in [0.29, 0.717) is 23.4 Å². The number of hydrogen-bond donors (Lipinski definition) is 0. The van der Waals surface area contributed by atoms with Gasteiger partial charge in [-0.1, -0.05) is 25.3 Å². The van der Waals surface area contributed by atoms with E-state index in [9.17, 15) is 9.59 Å². The molecule has 2 nitrogen and oxygen atoms in total. The first kappa shape index (κ1) is 18.1. The van der Waals surface area contributed by atoms with Crippen molar-refractivity contribution in [3.63, 3.8) is 0 Å². The number of carbonyl (C=O) groups excluding carboxylic acids is 2. The summed E-state index contributed by atoms with van der Waals surface area (Å²) < 4.78 is 0. The van der Waals surface area contributed by atoms with Crippen LogP contribution in [-0.2, 0) is 9.59 Å². The highest BCUT2D eigenvalue weighted by molar-refractivity contribution is 5.91. The molecule has 0 N–H and O–H groups in total. The zero-order valence-electron chi connectivity index (χ0n) is 17.3. The molecule has 5 aliphatic rings. The molecule has 7 atom stereocenters. The van der Waals surface area contributed by atoms with Crippen LogP contribution in [0, 0.1) is 40.4 Å². The van der Waals surface area contributed by atoms with E-state index in [-0.39, 0.29) is 10.8 Å². The van der Waals surface area contributed by atoms with Gasteiger partial charge < -0.3 is 0 Å². The molecule has 5 aliphatic carbocycles. The summed E-state index contributed by atoms with van der Waals surface area (Å²) in [4.78, 5) is 25.1. The molecule has 148 valence electrons. The number of Topliss-reactive ketones (excluding diaryl/α,β-unsaturated/α-hetero) is 1. The first-order valence-electron chi connectivity index (χ1n) is 11.8. The van der Waals surface area contributed by atoms with Crippen molar-refractivity contribution < 1.29 is 9.59 Å². The Balaban J connectivity index is 1.54. The van der Waals surface area contributed by atoms with Crippen LogP contribution in [0.1, 0.15) is 90.9 Å². The highest BCUT2D eigenvalue weighted by Gasteiger charge is 2.69. The van der Waals surface area contributed by atoms with Crippen molar-refractivity contribution in [2.45, 2.75) is 90.9 Å². The molecule has 0 amide bonds. The Labute approximate surface area is 164 Å². The fraction of sp³-hybridized carbons (Fsp3) is 0.840. The van der Waals surface area contributed by atoms with Crippen LogP contribution in [0.5, 0.6) is 0 Å². The lowest BCUT2D eigenvalue weighted by molar-refractivity contribution is -0.149. The molecule has 0 saturated heterocycles. The van der Waals surface area contributed by atoms with Gasteiger partial charge >= 0.3 is 0 Å². The predicted octanol–water partition coefficient (Wildman–Crippen LogP) is 5.89. The molecular formula is C25H36O2. The van der Waals surface area contributed by atoms with Gasteiger partial charge in [-0.15, -0.1) is 0 Å². The largest absolute Gasteiger partial charge is 0.299 e. The van der Waals surface area contributed by atoms with E-state index in [2.05, 4.69) is 6.92 Å². The van der Waals surface area contributed by atoms with E-state index in [1.54, 1.807) is 0 Å². The van der Waals surface area contributed by atoms with Crippen molar-refractivity contribution in [2.75, 3.05) is 0 Å². The molecule has 4 saturated carbocycles. The second-order valence-electron chi connectivity index (χ2n) is 10.6. The van der Waals surface area contributed by atoms with Crippen molar-refractivity contribution in [1.29, 1.82) is 0 Å². The molecule has 2 heteroatoms. The third-order valence-corrected chi connectivity index (χ3v) is 10.3. The Morgan fingerprint density at radius 2 is 1.93 bits per heavy atom. The van der Waals surface area contributed by atoms with E-state index >= 15 is 0 Å². The number of allylic oxidation sites excluding steroid dienone is 1. The molecule has 0 spiro atoms. The highest BCUT2D eigenvalue weighted by atomic mass is 16.1. The maximum atomic E-state index is 13.2. The Hall–Kier alpha value is -0.920. The maximum absolute atomic E-state index is 13.2. The topological polar surface area (TPSA) is 34.1 Å². The molecule has 0 aromatic heterocycles. The average molecular weight is 369 g/mol. The summed E-state index contributed by atoms with van der Waals surface area (Å²) in [6.45, 7) is 4.32. The second-order valence-corrected chi connectivity index (χ2v) is 10.6. The van der Waals surface area contributed by atoms with Crippen molar-refractivity contribution in [2.24, 2.45) is 40.4 Å². The number of rotatable bonds is 2. The van der Waals surface area contributed by atoms with Gasteiger partial charge in [0, 0.05) is 11.8 Å². The Bertz CT molecular complexity index is 690. The monoisotopic (exact) mass is 368 g/mol. The summed E-state index contributed by atoms with van der Waals surface area (Å²) >= 11 is 0. The maximum Gasteiger partial charge on any atom is 0.155 e. The number of hydrogen-bond acceptors (Lipinski definition) is 2. The molecule has 0 aromatic carbocycles. The zero-order chi connectivity index (χ0) is 18.8. The summed E-state index contributed by atoms with van der Waals surface area (Å²) in [5.74, 6) is 4.55. The van der Waals surface area contributed by atoms with Crippen molar-refractivity contribution in [3.05, 3.63) is 11.6 Å². The van der Waals surface area contributed by atoms with Crippen molar-refractivity contribution in [1.82, 2.24) is 0 Å². The third kappa shape index (κ3) is 2.25. The molecule has 0 heterocycles. The minimum absolute atomic E-state index is 0.00567. The first-order chi connectivity index (χ1) is 13.0. The molecule has 27 heavy (non-hydrogen) atoms. The van der Waals surface area contributed by atoms with E-state index in [4.69, 9.17) is 0 Å². The smallest absolute Gasteiger partial charge is 0.155 e. The summed E-state index contributed by atoms with van der Waals surface area (Å²) in [7, 11) is 0. The summed E-state index contributed by atoms with van der Waals surface area (Å²) in [5, 5.41) is 0. The molecule has 0 aromatic rings. The normalized spacial score (nSPS) is 48.7. The van der Waals surface area contributed by atoms with Crippen LogP contribution in [0.2, 0.25) is 0 Å². The van der Waals surface area contributed by atoms with Crippen LogP contribution in [0.3, 0.4) is 0 Å². The van der Waals surface area contributed by atoms with Crippen LogP contribution < -0.4 is 0 Å². The number of ketones is 2. The van der Waals surface area contributed by atoms with Gasteiger partial charge in [0.1, 0.15) is 5.78 Å². The SMILES string of the molecule is CC[C@]12CC[C@H]3[C@@H](CCC4=CC(=O)CC[C@@H]43)[C@@H]1C[C@H]1CCCC[C@]12C(C)=O. The van der Waals surface area contributed by atoms with Gasteiger partial charge in [-0.05, 0) is 106 Å². The van der Waals surface area contributed by atoms with Gasteiger partial charge in [-0.2, -0.15) is 0 Å². The average Bonchev–Trinajstić information content (AvgIpc) is 2.99. The van der Waals surface area contributed by atoms with Crippen LogP contribution >= 0.6 is 0 Å². The van der Waals surface area contributed by atoms with Gasteiger partial charge in [0.05, 0.1) is 0 Å². The Morgan fingerprint density at radius 1 is 1.07 bits per heavy atom.